The number of aryl methyl sites for hydroxylation is 1. The predicted molar refractivity (Wildman–Crippen MR) is 77.1 cm³/mol. The third kappa shape index (κ3) is 2.82. The minimum absolute atomic E-state index is 0.0522. The van der Waals surface area contributed by atoms with Crippen molar-refractivity contribution in [3.8, 4) is 0 Å². The van der Waals surface area contributed by atoms with E-state index in [1.165, 1.54) is 6.20 Å². The van der Waals surface area contributed by atoms with Gasteiger partial charge in [0.05, 0.1) is 6.20 Å². The number of nitrogen functional groups attached to an aromatic ring is 1. The molecule has 1 heterocycles. The fourth-order valence-electron chi connectivity index (χ4n) is 2.01. The van der Waals surface area contributed by atoms with E-state index < -0.39 is 0 Å². The van der Waals surface area contributed by atoms with Gasteiger partial charge in [0.1, 0.15) is 11.3 Å². The predicted octanol–water partition coefficient (Wildman–Crippen LogP) is 2.62. The number of para-hydroxylation sites is 1. The van der Waals surface area contributed by atoms with Crippen molar-refractivity contribution in [2.75, 3.05) is 5.73 Å². The van der Waals surface area contributed by atoms with Gasteiger partial charge in [-0.25, -0.2) is 0 Å². The Morgan fingerprint density at radius 2 is 2.10 bits per heavy atom. The molecule has 0 unspecified atom stereocenters. The smallest absolute Gasteiger partial charge is 0.259 e. The molecule has 0 spiro atoms. The highest BCUT2D eigenvalue weighted by Crippen LogP contribution is 2.18. The fraction of sp³-hybridized carbons (Fsp3) is 0.333. The van der Waals surface area contributed by atoms with Crippen molar-refractivity contribution in [3.05, 3.63) is 47.3 Å². The molecule has 1 aromatic heterocycles. The molecule has 1 amide bonds. The first kappa shape index (κ1) is 14.1. The second-order valence-corrected chi connectivity index (χ2v) is 5.02. The lowest BCUT2D eigenvalue weighted by molar-refractivity contribution is 0.0689. The van der Waals surface area contributed by atoms with E-state index in [0.29, 0.717) is 23.6 Å². The zero-order valence-electron chi connectivity index (χ0n) is 12.0. The van der Waals surface area contributed by atoms with Gasteiger partial charge in [-0.15, -0.1) is 0 Å². The molecule has 0 aliphatic rings. The maximum Gasteiger partial charge on any atom is 0.259 e. The second-order valence-electron chi connectivity index (χ2n) is 5.02. The van der Waals surface area contributed by atoms with Gasteiger partial charge in [-0.05, 0) is 32.4 Å². The molecule has 5 heteroatoms. The van der Waals surface area contributed by atoms with Crippen LogP contribution in [-0.4, -0.2) is 22.0 Å². The zero-order valence-corrected chi connectivity index (χ0v) is 12.0. The lowest BCUT2D eigenvalue weighted by Gasteiger charge is -2.27. The van der Waals surface area contributed by atoms with Crippen molar-refractivity contribution in [1.29, 1.82) is 0 Å². The summed E-state index contributed by atoms with van der Waals surface area (Å²) in [7, 11) is 0. The normalized spacial score (nSPS) is 10.8. The maximum absolute atomic E-state index is 12.6. The number of nitrogens with two attached hydrogens (primary N) is 1. The number of hydrogen-bond donors (Lipinski definition) is 1. The molecule has 0 bridgehead atoms. The fourth-order valence-corrected chi connectivity index (χ4v) is 2.01. The third-order valence-corrected chi connectivity index (χ3v) is 3.26. The molecule has 5 nitrogen and oxygen atoms in total. The van der Waals surface area contributed by atoms with Crippen LogP contribution >= 0.6 is 0 Å². The average Bonchev–Trinajstić information content (AvgIpc) is 2.83. The SMILES string of the molecule is Cc1oncc1C(=O)N(Cc1ccccc1N)C(C)C. The van der Waals surface area contributed by atoms with Crippen LogP contribution in [0.25, 0.3) is 0 Å². The highest BCUT2D eigenvalue weighted by Gasteiger charge is 2.23. The van der Waals surface area contributed by atoms with Crippen molar-refractivity contribution in [2.45, 2.75) is 33.4 Å². The Morgan fingerprint density at radius 3 is 2.65 bits per heavy atom. The number of rotatable bonds is 4. The highest BCUT2D eigenvalue weighted by molar-refractivity contribution is 5.95. The Morgan fingerprint density at radius 1 is 1.40 bits per heavy atom. The van der Waals surface area contributed by atoms with Crippen LogP contribution in [0.3, 0.4) is 0 Å². The van der Waals surface area contributed by atoms with Gasteiger partial charge >= 0.3 is 0 Å². The lowest BCUT2D eigenvalue weighted by atomic mass is 10.1. The Hall–Kier alpha value is -2.30. The van der Waals surface area contributed by atoms with E-state index in [0.717, 1.165) is 5.56 Å². The van der Waals surface area contributed by atoms with Crippen LogP contribution < -0.4 is 5.73 Å². The summed E-state index contributed by atoms with van der Waals surface area (Å²) >= 11 is 0. The monoisotopic (exact) mass is 273 g/mol. The van der Waals surface area contributed by atoms with E-state index >= 15 is 0 Å². The van der Waals surface area contributed by atoms with Crippen LogP contribution in [0, 0.1) is 6.92 Å². The largest absolute Gasteiger partial charge is 0.398 e. The van der Waals surface area contributed by atoms with E-state index in [4.69, 9.17) is 10.3 Å². The second kappa shape index (κ2) is 5.77. The molecule has 0 fully saturated rings. The molecule has 2 aromatic rings. The molecule has 2 N–H and O–H groups in total. The van der Waals surface area contributed by atoms with E-state index in [1.807, 2.05) is 38.1 Å². The lowest BCUT2D eigenvalue weighted by Crippen LogP contribution is -2.36. The van der Waals surface area contributed by atoms with Gasteiger partial charge in [0.15, 0.2) is 0 Å². The number of carbonyl (C=O) groups excluding carboxylic acids is 1. The van der Waals surface area contributed by atoms with E-state index in [-0.39, 0.29) is 11.9 Å². The summed E-state index contributed by atoms with van der Waals surface area (Å²) in [6.07, 6.45) is 1.46. The molecular formula is C15H19N3O2. The van der Waals surface area contributed by atoms with Crippen LogP contribution in [0.5, 0.6) is 0 Å². The minimum Gasteiger partial charge on any atom is -0.398 e. The highest BCUT2D eigenvalue weighted by atomic mass is 16.5. The first-order chi connectivity index (χ1) is 9.50. The van der Waals surface area contributed by atoms with Gasteiger partial charge < -0.3 is 15.2 Å². The third-order valence-electron chi connectivity index (χ3n) is 3.26. The van der Waals surface area contributed by atoms with Crippen LogP contribution in [0.4, 0.5) is 5.69 Å². The summed E-state index contributed by atoms with van der Waals surface area (Å²) in [4.78, 5) is 14.3. The molecule has 20 heavy (non-hydrogen) atoms. The number of carbonyl (C=O) groups is 1. The van der Waals surface area contributed by atoms with Crippen molar-refractivity contribution in [3.63, 3.8) is 0 Å². The minimum atomic E-state index is -0.0954. The summed E-state index contributed by atoms with van der Waals surface area (Å²) in [5.74, 6) is 0.434. The van der Waals surface area contributed by atoms with Gasteiger partial charge in [-0.3, -0.25) is 4.79 Å². The van der Waals surface area contributed by atoms with Gasteiger partial charge in [-0.1, -0.05) is 23.4 Å². The van der Waals surface area contributed by atoms with Crippen molar-refractivity contribution >= 4 is 11.6 Å². The van der Waals surface area contributed by atoms with Crippen molar-refractivity contribution in [2.24, 2.45) is 0 Å². The summed E-state index contributed by atoms with van der Waals surface area (Å²) in [6.45, 7) is 6.14. The molecule has 0 atom stereocenters. The number of nitrogens with zero attached hydrogens (tertiary/aromatic N) is 2. The average molecular weight is 273 g/mol. The maximum atomic E-state index is 12.6. The van der Waals surface area contributed by atoms with Crippen LogP contribution in [0.15, 0.2) is 35.0 Å². The molecular weight excluding hydrogens is 254 g/mol. The molecule has 2 rings (SSSR count). The Labute approximate surface area is 118 Å². The van der Waals surface area contributed by atoms with Crippen molar-refractivity contribution in [1.82, 2.24) is 10.1 Å². The molecule has 0 aliphatic heterocycles. The number of anilines is 1. The first-order valence-electron chi connectivity index (χ1n) is 6.56. The van der Waals surface area contributed by atoms with Gasteiger partial charge in [0, 0.05) is 18.3 Å². The number of benzene rings is 1. The molecule has 0 saturated carbocycles. The van der Waals surface area contributed by atoms with Crippen molar-refractivity contribution < 1.29 is 9.32 Å². The Kier molecular flexibility index (Phi) is 4.08. The Balaban J connectivity index is 2.27. The summed E-state index contributed by atoms with van der Waals surface area (Å²) in [5, 5.41) is 3.66. The topological polar surface area (TPSA) is 72.4 Å². The van der Waals surface area contributed by atoms with Crippen LogP contribution in [0.2, 0.25) is 0 Å². The molecule has 106 valence electrons. The van der Waals surface area contributed by atoms with E-state index in [1.54, 1.807) is 11.8 Å². The Bertz CT molecular complexity index is 605. The first-order valence-corrected chi connectivity index (χ1v) is 6.56. The molecule has 1 aromatic carbocycles. The van der Waals surface area contributed by atoms with E-state index in [9.17, 15) is 4.79 Å². The number of hydrogen-bond acceptors (Lipinski definition) is 4. The summed E-state index contributed by atoms with van der Waals surface area (Å²) in [5.41, 5.74) is 8.06. The van der Waals surface area contributed by atoms with Gasteiger partial charge in [0.2, 0.25) is 0 Å². The van der Waals surface area contributed by atoms with Crippen LogP contribution in [0.1, 0.15) is 35.5 Å². The number of amides is 1. The van der Waals surface area contributed by atoms with Gasteiger partial charge in [-0.2, -0.15) is 0 Å². The molecule has 0 radical (unpaired) electrons. The number of aromatic nitrogens is 1. The van der Waals surface area contributed by atoms with E-state index in [2.05, 4.69) is 5.16 Å². The van der Waals surface area contributed by atoms with Gasteiger partial charge in [0.25, 0.3) is 5.91 Å². The zero-order chi connectivity index (χ0) is 14.7. The standard InChI is InChI=1S/C15H19N3O2/c1-10(2)18(9-12-6-4-5-7-14(12)16)15(19)13-8-17-20-11(13)3/h4-8,10H,9,16H2,1-3H3. The summed E-state index contributed by atoms with van der Waals surface area (Å²) in [6, 6.07) is 7.61. The molecule has 0 saturated heterocycles. The van der Waals surface area contributed by atoms with Crippen LogP contribution in [-0.2, 0) is 6.54 Å². The summed E-state index contributed by atoms with van der Waals surface area (Å²) < 4.78 is 4.97. The quantitative estimate of drug-likeness (QED) is 0.869. The molecule has 0 aliphatic carbocycles.